The summed E-state index contributed by atoms with van der Waals surface area (Å²) in [6.07, 6.45) is 0. The zero-order valence-electron chi connectivity index (χ0n) is 10.1. The quantitative estimate of drug-likeness (QED) is 0.836. The second-order valence-corrected chi connectivity index (χ2v) is 5.00. The second kappa shape index (κ2) is 7.19. The Labute approximate surface area is 112 Å². The predicted octanol–water partition coefficient (Wildman–Crippen LogP) is 2.18. The van der Waals surface area contributed by atoms with Crippen LogP contribution >= 0.6 is 23.2 Å². The Morgan fingerprint density at radius 1 is 1.35 bits per heavy atom. The molecule has 0 radical (unpaired) electrons. The van der Waals surface area contributed by atoms with Crippen LogP contribution in [0.5, 0.6) is 0 Å². The van der Waals surface area contributed by atoms with Gasteiger partial charge >= 0.3 is 0 Å². The monoisotopic (exact) mass is 276 g/mol. The Kier molecular flexibility index (Phi) is 6.23. The molecule has 0 aromatic heterocycles. The molecule has 3 nitrogen and oxygen atoms in total. The lowest BCUT2D eigenvalue weighted by Gasteiger charge is -2.19. The number of aliphatic hydroxyl groups excluding tert-OH is 1. The first-order valence-corrected chi connectivity index (χ1v) is 6.24. The average molecular weight is 277 g/mol. The Bertz CT molecular complexity index is 358. The predicted molar refractivity (Wildman–Crippen MR) is 72.8 cm³/mol. The summed E-state index contributed by atoms with van der Waals surface area (Å²) in [5, 5.41) is 13.8. The van der Waals surface area contributed by atoms with Crippen LogP contribution < -0.4 is 5.32 Å². The van der Waals surface area contributed by atoms with Crippen molar-refractivity contribution < 1.29 is 5.11 Å². The van der Waals surface area contributed by atoms with Gasteiger partial charge in [-0.2, -0.15) is 0 Å². The van der Waals surface area contributed by atoms with Gasteiger partial charge in [0.1, 0.15) is 0 Å². The first-order valence-electron chi connectivity index (χ1n) is 5.48. The second-order valence-electron chi connectivity index (χ2n) is 4.16. The lowest BCUT2D eigenvalue weighted by Crippen LogP contribution is -2.31. The Balaban J connectivity index is 2.66. The van der Waals surface area contributed by atoms with E-state index in [9.17, 15) is 5.11 Å². The number of nitrogens with zero attached hydrogens (tertiary/aromatic N) is 1. The van der Waals surface area contributed by atoms with Crippen molar-refractivity contribution in [2.45, 2.75) is 6.04 Å². The van der Waals surface area contributed by atoms with Gasteiger partial charge in [-0.25, -0.2) is 0 Å². The Morgan fingerprint density at radius 3 is 2.59 bits per heavy atom. The van der Waals surface area contributed by atoms with Crippen molar-refractivity contribution in [2.24, 2.45) is 0 Å². The number of likely N-dealkylation sites (N-methyl/N-ethyl adjacent to an activating group) is 1. The van der Waals surface area contributed by atoms with Crippen molar-refractivity contribution in [3.05, 3.63) is 33.8 Å². The fourth-order valence-corrected chi connectivity index (χ4v) is 2.06. The van der Waals surface area contributed by atoms with Crippen molar-refractivity contribution in [3.8, 4) is 0 Å². The van der Waals surface area contributed by atoms with Crippen molar-refractivity contribution in [1.29, 1.82) is 0 Å². The van der Waals surface area contributed by atoms with Crippen LogP contribution in [0.3, 0.4) is 0 Å². The van der Waals surface area contributed by atoms with E-state index in [0.29, 0.717) is 10.0 Å². The van der Waals surface area contributed by atoms with Crippen LogP contribution in [0, 0.1) is 0 Å². The fourth-order valence-electron chi connectivity index (χ4n) is 1.52. The summed E-state index contributed by atoms with van der Waals surface area (Å²) in [5.74, 6) is 0. The summed E-state index contributed by atoms with van der Waals surface area (Å²) in [7, 11) is 4.01. The zero-order valence-corrected chi connectivity index (χ0v) is 11.6. The normalized spacial score (nSPS) is 13.1. The molecule has 1 aromatic rings. The number of aliphatic hydroxyl groups is 1. The number of nitrogens with one attached hydrogen (secondary N) is 1. The molecule has 0 aliphatic carbocycles. The molecular formula is C12H18Cl2N2O. The topological polar surface area (TPSA) is 35.5 Å². The third-order valence-corrected chi connectivity index (χ3v) is 3.03. The summed E-state index contributed by atoms with van der Waals surface area (Å²) in [5.41, 5.74) is 0.873. The van der Waals surface area contributed by atoms with E-state index in [2.05, 4.69) is 10.2 Å². The number of rotatable bonds is 6. The standard InChI is InChI=1S/C12H18Cl2N2O/c1-16(2)6-5-15-12(8-17)10-4-3-9(13)7-11(10)14/h3-4,7,12,15,17H,5-6,8H2,1-2H3. The molecule has 5 heteroatoms. The summed E-state index contributed by atoms with van der Waals surface area (Å²) in [4.78, 5) is 2.07. The van der Waals surface area contributed by atoms with Gasteiger partial charge in [0.05, 0.1) is 12.6 Å². The highest BCUT2D eigenvalue weighted by molar-refractivity contribution is 6.35. The summed E-state index contributed by atoms with van der Waals surface area (Å²) < 4.78 is 0. The molecule has 0 aliphatic heterocycles. The zero-order chi connectivity index (χ0) is 12.8. The molecule has 0 spiro atoms. The molecule has 0 amide bonds. The molecule has 2 N–H and O–H groups in total. The minimum absolute atomic E-state index is 0.00871. The van der Waals surface area contributed by atoms with Gasteiger partial charge in [-0.1, -0.05) is 29.3 Å². The molecule has 96 valence electrons. The molecular weight excluding hydrogens is 259 g/mol. The van der Waals surface area contributed by atoms with E-state index in [-0.39, 0.29) is 12.6 Å². The molecule has 1 rings (SSSR count). The van der Waals surface area contributed by atoms with Gasteiger partial charge in [-0.15, -0.1) is 0 Å². The number of benzene rings is 1. The lowest BCUT2D eigenvalue weighted by atomic mass is 10.1. The maximum absolute atomic E-state index is 9.37. The third kappa shape index (κ3) is 4.82. The highest BCUT2D eigenvalue weighted by Gasteiger charge is 2.13. The van der Waals surface area contributed by atoms with Gasteiger partial charge in [0.25, 0.3) is 0 Å². The van der Waals surface area contributed by atoms with Crippen LogP contribution in [0.4, 0.5) is 0 Å². The fraction of sp³-hybridized carbons (Fsp3) is 0.500. The number of hydrogen-bond acceptors (Lipinski definition) is 3. The van der Waals surface area contributed by atoms with E-state index in [1.54, 1.807) is 12.1 Å². The van der Waals surface area contributed by atoms with E-state index in [4.69, 9.17) is 23.2 Å². The van der Waals surface area contributed by atoms with Crippen LogP contribution in [0.2, 0.25) is 10.0 Å². The molecule has 1 unspecified atom stereocenters. The molecule has 1 atom stereocenters. The number of hydrogen-bond donors (Lipinski definition) is 2. The maximum Gasteiger partial charge on any atom is 0.0627 e. The molecule has 17 heavy (non-hydrogen) atoms. The van der Waals surface area contributed by atoms with E-state index < -0.39 is 0 Å². The molecule has 0 bridgehead atoms. The molecule has 0 fully saturated rings. The highest BCUT2D eigenvalue weighted by atomic mass is 35.5. The van der Waals surface area contributed by atoms with Gasteiger partial charge in [0.15, 0.2) is 0 Å². The minimum atomic E-state index is -0.153. The van der Waals surface area contributed by atoms with Crippen LogP contribution in [0.1, 0.15) is 11.6 Å². The van der Waals surface area contributed by atoms with Gasteiger partial charge < -0.3 is 15.3 Å². The largest absolute Gasteiger partial charge is 0.394 e. The number of halogens is 2. The summed E-state index contributed by atoms with van der Waals surface area (Å²) in [6, 6.07) is 5.15. The highest BCUT2D eigenvalue weighted by Crippen LogP contribution is 2.25. The van der Waals surface area contributed by atoms with E-state index in [0.717, 1.165) is 18.7 Å². The molecule has 0 saturated heterocycles. The summed E-state index contributed by atoms with van der Waals surface area (Å²) in [6.45, 7) is 1.70. The molecule has 0 saturated carbocycles. The Hall–Kier alpha value is -0.320. The van der Waals surface area contributed by atoms with Crippen molar-refractivity contribution in [1.82, 2.24) is 10.2 Å². The first-order chi connectivity index (χ1) is 8.04. The van der Waals surface area contributed by atoms with E-state index in [1.165, 1.54) is 0 Å². The van der Waals surface area contributed by atoms with Gasteiger partial charge in [0.2, 0.25) is 0 Å². The van der Waals surface area contributed by atoms with Crippen molar-refractivity contribution in [2.75, 3.05) is 33.8 Å². The van der Waals surface area contributed by atoms with Gasteiger partial charge in [0, 0.05) is 23.1 Å². The summed E-state index contributed by atoms with van der Waals surface area (Å²) >= 11 is 11.9. The van der Waals surface area contributed by atoms with Gasteiger partial charge in [-0.05, 0) is 31.8 Å². The van der Waals surface area contributed by atoms with Crippen LogP contribution in [-0.2, 0) is 0 Å². The smallest absolute Gasteiger partial charge is 0.0627 e. The SMILES string of the molecule is CN(C)CCNC(CO)c1ccc(Cl)cc1Cl. The molecule has 0 heterocycles. The molecule has 1 aromatic carbocycles. The van der Waals surface area contributed by atoms with Crippen molar-refractivity contribution in [3.63, 3.8) is 0 Å². The van der Waals surface area contributed by atoms with Crippen LogP contribution in [0.15, 0.2) is 18.2 Å². The van der Waals surface area contributed by atoms with E-state index >= 15 is 0 Å². The van der Waals surface area contributed by atoms with Gasteiger partial charge in [-0.3, -0.25) is 0 Å². The van der Waals surface area contributed by atoms with Crippen LogP contribution in [0.25, 0.3) is 0 Å². The maximum atomic E-state index is 9.37. The minimum Gasteiger partial charge on any atom is -0.394 e. The van der Waals surface area contributed by atoms with Crippen LogP contribution in [-0.4, -0.2) is 43.8 Å². The van der Waals surface area contributed by atoms with Crippen molar-refractivity contribution >= 4 is 23.2 Å². The molecule has 0 aliphatic rings. The third-order valence-electron chi connectivity index (χ3n) is 2.47. The average Bonchev–Trinajstić information content (AvgIpc) is 2.25. The lowest BCUT2D eigenvalue weighted by molar-refractivity contribution is 0.240. The Morgan fingerprint density at radius 2 is 2.06 bits per heavy atom. The van der Waals surface area contributed by atoms with E-state index in [1.807, 2.05) is 20.2 Å². The first kappa shape index (κ1) is 14.7.